The summed E-state index contributed by atoms with van der Waals surface area (Å²) in [6, 6.07) is 7.89. The van der Waals surface area contributed by atoms with Gasteiger partial charge in [0.2, 0.25) is 0 Å². The van der Waals surface area contributed by atoms with Gasteiger partial charge in [0, 0.05) is 22.2 Å². The molecule has 5 nitrogen and oxygen atoms in total. The molecule has 0 atom stereocenters. The summed E-state index contributed by atoms with van der Waals surface area (Å²) in [5.41, 5.74) is 0.408. The lowest BCUT2D eigenvalue weighted by atomic mass is 10.3. The summed E-state index contributed by atoms with van der Waals surface area (Å²) in [4.78, 5) is 4.14. The van der Waals surface area contributed by atoms with Gasteiger partial charge < -0.3 is 5.32 Å². The summed E-state index contributed by atoms with van der Waals surface area (Å²) in [7, 11) is -3.75. The van der Waals surface area contributed by atoms with E-state index in [1.54, 1.807) is 24.3 Å². The second kappa shape index (κ2) is 6.64. The van der Waals surface area contributed by atoms with E-state index in [4.69, 9.17) is 11.6 Å². The van der Waals surface area contributed by atoms with Crippen molar-refractivity contribution in [3.63, 3.8) is 0 Å². The lowest BCUT2D eigenvalue weighted by Gasteiger charge is -2.13. The molecule has 0 spiro atoms. The summed E-state index contributed by atoms with van der Waals surface area (Å²) >= 11 is 9.12. The lowest BCUT2D eigenvalue weighted by Crippen LogP contribution is -2.16. The van der Waals surface area contributed by atoms with Crippen LogP contribution in [-0.2, 0) is 10.0 Å². The van der Waals surface area contributed by atoms with Crippen molar-refractivity contribution in [2.45, 2.75) is 11.8 Å². The van der Waals surface area contributed by atoms with Gasteiger partial charge in [-0.05, 0) is 53.2 Å². The van der Waals surface area contributed by atoms with Crippen LogP contribution in [0.2, 0.25) is 5.02 Å². The van der Waals surface area contributed by atoms with Crippen molar-refractivity contribution in [3.8, 4) is 0 Å². The molecule has 1 heterocycles. The van der Waals surface area contributed by atoms with Crippen LogP contribution in [0.25, 0.3) is 0 Å². The van der Waals surface area contributed by atoms with E-state index < -0.39 is 10.0 Å². The summed E-state index contributed by atoms with van der Waals surface area (Å²) < 4.78 is 28.1. The SMILES string of the molecule is CCNc1ncccc1S(=O)(=O)Nc1ccc(Cl)cc1Br. The Labute approximate surface area is 136 Å². The van der Waals surface area contributed by atoms with Gasteiger partial charge >= 0.3 is 0 Å². The van der Waals surface area contributed by atoms with E-state index in [0.29, 0.717) is 27.5 Å². The zero-order valence-corrected chi connectivity index (χ0v) is 14.3. The highest BCUT2D eigenvalue weighted by molar-refractivity contribution is 9.10. The molecule has 0 saturated heterocycles. The molecule has 0 aliphatic rings. The molecule has 2 aromatic rings. The molecular weight excluding hydrogens is 378 g/mol. The first-order chi connectivity index (χ1) is 9.94. The van der Waals surface area contributed by atoms with E-state index in [1.807, 2.05) is 6.92 Å². The second-order valence-electron chi connectivity index (χ2n) is 4.11. The molecule has 0 amide bonds. The maximum atomic E-state index is 12.5. The van der Waals surface area contributed by atoms with Gasteiger partial charge in [0.25, 0.3) is 10.0 Å². The molecule has 0 radical (unpaired) electrons. The van der Waals surface area contributed by atoms with E-state index >= 15 is 0 Å². The normalized spacial score (nSPS) is 11.2. The van der Waals surface area contributed by atoms with Crippen LogP contribution in [0.1, 0.15) is 6.92 Å². The minimum absolute atomic E-state index is 0.0914. The van der Waals surface area contributed by atoms with Crippen LogP contribution in [0.5, 0.6) is 0 Å². The van der Waals surface area contributed by atoms with Gasteiger partial charge in [-0.15, -0.1) is 0 Å². The minimum Gasteiger partial charge on any atom is -0.369 e. The molecule has 2 rings (SSSR count). The zero-order chi connectivity index (χ0) is 15.5. The smallest absolute Gasteiger partial charge is 0.265 e. The van der Waals surface area contributed by atoms with Crippen LogP contribution in [0.4, 0.5) is 11.5 Å². The fraction of sp³-hybridized carbons (Fsp3) is 0.154. The van der Waals surface area contributed by atoms with Gasteiger partial charge in [-0.3, -0.25) is 4.72 Å². The number of sulfonamides is 1. The average Bonchev–Trinajstić information content (AvgIpc) is 2.43. The number of hydrogen-bond donors (Lipinski definition) is 2. The highest BCUT2D eigenvalue weighted by atomic mass is 79.9. The predicted molar refractivity (Wildman–Crippen MR) is 88.4 cm³/mol. The third kappa shape index (κ3) is 3.87. The van der Waals surface area contributed by atoms with Crippen LogP contribution in [0, 0.1) is 0 Å². The molecule has 8 heteroatoms. The Morgan fingerprint density at radius 1 is 1.33 bits per heavy atom. The van der Waals surface area contributed by atoms with Gasteiger partial charge in [0.05, 0.1) is 5.69 Å². The van der Waals surface area contributed by atoms with Crippen molar-refractivity contribution in [1.82, 2.24) is 4.98 Å². The van der Waals surface area contributed by atoms with Crippen LogP contribution in [0.3, 0.4) is 0 Å². The van der Waals surface area contributed by atoms with E-state index in [9.17, 15) is 8.42 Å². The van der Waals surface area contributed by atoms with Crippen molar-refractivity contribution in [1.29, 1.82) is 0 Å². The van der Waals surface area contributed by atoms with Gasteiger partial charge in [-0.2, -0.15) is 0 Å². The van der Waals surface area contributed by atoms with Crippen LogP contribution in [0.15, 0.2) is 45.9 Å². The Morgan fingerprint density at radius 2 is 2.10 bits per heavy atom. The topological polar surface area (TPSA) is 71.1 Å². The van der Waals surface area contributed by atoms with Gasteiger partial charge in [-0.1, -0.05) is 11.6 Å². The van der Waals surface area contributed by atoms with Crippen molar-refractivity contribution in [3.05, 3.63) is 46.0 Å². The Bertz CT molecular complexity index is 753. The average molecular weight is 391 g/mol. The Morgan fingerprint density at radius 3 is 2.76 bits per heavy atom. The Hall–Kier alpha value is -1.31. The third-order valence-corrected chi connectivity index (χ3v) is 4.87. The number of hydrogen-bond acceptors (Lipinski definition) is 4. The van der Waals surface area contributed by atoms with Gasteiger partial charge in [0.1, 0.15) is 10.7 Å². The largest absolute Gasteiger partial charge is 0.369 e. The summed E-state index contributed by atoms with van der Waals surface area (Å²) in [6.45, 7) is 2.44. The first kappa shape index (κ1) is 16.1. The molecule has 0 saturated carbocycles. The number of pyridine rings is 1. The van der Waals surface area contributed by atoms with Crippen molar-refractivity contribution >= 4 is 49.1 Å². The van der Waals surface area contributed by atoms with Gasteiger partial charge in [0.15, 0.2) is 0 Å². The fourth-order valence-corrected chi connectivity index (χ4v) is 3.81. The maximum Gasteiger partial charge on any atom is 0.265 e. The number of aromatic nitrogens is 1. The van der Waals surface area contributed by atoms with E-state index in [2.05, 4.69) is 31.0 Å². The second-order valence-corrected chi connectivity index (χ2v) is 7.05. The standard InChI is InChI=1S/C13H13BrClN3O2S/c1-2-16-13-12(4-3-7-17-13)21(19,20)18-11-6-5-9(15)8-10(11)14/h3-8,18H,2H2,1H3,(H,16,17). The molecular formula is C13H13BrClN3O2S. The molecule has 2 N–H and O–H groups in total. The number of rotatable bonds is 5. The number of halogens is 2. The van der Waals surface area contributed by atoms with Crippen molar-refractivity contribution in [2.75, 3.05) is 16.6 Å². The molecule has 112 valence electrons. The monoisotopic (exact) mass is 389 g/mol. The third-order valence-electron chi connectivity index (χ3n) is 2.58. The Balaban J connectivity index is 2.39. The van der Waals surface area contributed by atoms with Crippen molar-refractivity contribution in [2.24, 2.45) is 0 Å². The quantitative estimate of drug-likeness (QED) is 0.816. The van der Waals surface area contributed by atoms with E-state index in [1.165, 1.54) is 12.3 Å². The van der Waals surface area contributed by atoms with Crippen LogP contribution < -0.4 is 10.0 Å². The van der Waals surface area contributed by atoms with E-state index in [0.717, 1.165) is 0 Å². The molecule has 0 unspecified atom stereocenters. The molecule has 1 aromatic carbocycles. The molecule has 0 aliphatic carbocycles. The minimum atomic E-state index is -3.75. The summed E-state index contributed by atoms with van der Waals surface area (Å²) in [5.74, 6) is 0.317. The molecule has 1 aromatic heterocycles. The number of nitrogens with zero attached hydrogens (tertiary/aromatic N) is 1. The zero-order valence-electron chi connectivity index (χ0n) is 11.1. The van der Waals surface area contributed by atoms with Gasteiger partial charge in [-0.25, -0.2) is 13.4 Å². The number of benzene rings is 1. The summed E-state index contributed by atoms with van der Waals surface area (Å²) in [5, 5.41) is 3.44. The maximum absolute atomic E-state index is 12.5. The van der Waals surface area contributed by atoms with Crippen LogP contribution in [-0.4, -0.2) is 19.9 Å². The first-order valence-corrected chi connectivity index (χ1v) is 8.76. The molecule has 21 heavy (non-hydrogen) atoms. The predicted octanol–water partition coefficient (Wildman–Crippen LogP) is 3.73. The highest BCUT2D eigenvalue weighted by Gasteiger charge is 2.20. The molecule has 0 fully saturated rings. The number of anilines is 2. The number of nitrogens with one attached hydrogen (secondary N) is 2. The summed E-state index contributed by atoms with van der Waals surface area (Å²) in [6.07, 6.45) is 1.54. The fourth-order valence-electron chi connectivity index (χ4n) is 1.68. The molecule has 0 bridgehead atoms. The van der Waals surface area contributed by atoms with Crippen LogP contribution >= 0.6 is 27.5 Å². The Kier molecular flexibility index (Phi) is 5.08. The highest BCUT2D eigenvalue weighted by Crippen LogP contribution is 2.29. The molecule has 0 aliphatic heterocycles. The lowest BCUT2D eigenvalue weighted by molar-refractivity contribution is 0.601. The van der Waals surface area contributed by atoms with E-state index in [-0.39, 0.29) is 4.90 Å². The van der Waals surface area contributed by atoms with Crippen molar-refractivity contribution < 1.29 is 8.42 Å². The first-order valence-electron chi connectivity index (χ1n) is 6.11.